The molecule has 1 aromatic carbocycles. The van der Waals surface area contributed by atoms with Crippen LogP contribution in [-0.4, -0.2) is 49.9 Å². The Kier molecular flexibility index (Phi) is 10.7. The zero-order valence-electron chi connectivity index (χ0n) is 20.3. The van der Waals surface area contributed by atoms with Gasteiger partial charge in [0.15, 0.2) is 5.41 Å². The number of halogens is 1. The van der Waals surface area contributed by atoms with Crippen molar-refractivity contribution in [3.8, 4) is 0 Å². The molecule has 9 nitrogen and oxygen atoms in total. The van der Waals surface area contributed by atoms with Crippen LogP contribution in [-0.2, 0) is 33.3 Å². The molecule has 0 saturated carbocycles. The van der Waals surface area contributed by atoms with Crippen molar-refractivity contribution in [1.82, 2.24) is 5.32 Å². The van der Waals surface area contributed by atoms with Gasteiger partial charge in [-0.15, -0.1) is 0 Å². The third-order valence-corrected chi connectivity index (χ3v) is 4.53. The molecule has 34 heavy (non-hydrogen) atoms. The van der Waals surface area contributed by atoms with Crippen molar-refractivity contribution in [2.75, 3.05) is 20.3 Å². The lowest BCUT2D eigenvalue weighted by Crippen LogP contribution is -2.53. The monoisotopic (exact) mass is 481 g/mol. The van der Waals surface area contributed by atoms with Crippen LogP contribution in [0.3, 0.4) is 0 Å². The van der Waals surface area contributed by atoms with E-state index in [1.807, 2.05) is 0 Å². The number of benzene rings is 1. The standard InChI is InChI=1S/C24H32FNO8/c1-7-32-20(28)24(21(29)33-8-2,15-9-10-18(27)31-6)19(16-11-13-17(25)14-12-16)26-22(30)34-23(3,4)5/h9-14,19H,7-8,15H2,1-6H3,(H,26,30)/b10-9+/t19-/m1/s1. The molecule has 1 N–H and O–H groups in total. The van der Waals surface area contributed by atoms with Crippen LogP contribution in [0.5, 0.6) is 0 Å². The molecule has 1 aromatic rings. The van der Waals surface area contributed by atoms with Gasteiger partial charge in [0.2, 0.25) is 0 Å². The molecule has 0 spiro atoms. The highest BCUT2D eigenvalue weighted by Gasteiger charge is 2.56. The van der Waals surface area contributed by atoms with Crippen LogP contribution in [0.2, 0.25) is 0 Å². The SMILES string of the molecule is CCOC(=O)C(C/C=C/C(=O)OC)(C(=O)OCC)[C@H](NC(=O)OC(C)(C)C)c1ccc(F)cc1. The largest absolute Gasteiger partial charge is 0.466 e. The highest BCUT2D eigenvalue weighted by atomic mass is 19.1. The Morgan fingerprint density at radius 2 is 1.53 bits per heavy atom. The number of hydrogen-bond donors (Lipinski definition) is 1. The van der Waals surface area contributed by atoms with Crippen molar-refractivity contribution >= 4 is 24.0 Å². The van der Waals surface area contributed by atoms with Crippen LogP contribution in [0, 0.1) is 11.2 Å². The predicted molar refractivity (Wildman–Crippen MR) is 120 cm³/mol. The highest BCUT2D eigenvalue weighted by molar-refractivity contribution is 6.02. The Morgan fingerprint density at radius 3 is 1.97 bits per heavy atom. The molecule has 0 bridgehead atoms. The second kappa shape index (κ2) is 12.7. The number of ether oxygens (including phenoxy) is 4. The lowest BCUT2D eigenvalue weighted by atomic mass is 9.73. The lowest BCUT2D eigenvalue weighted by molar-refractivity contribution is -0.174. The molecule has 0 aliphatic heterocycles. The predicted octanol–water partition coefficient (Wildman–Crippen LogP) is 3.62. The minimum Gasteiger partial charge on any atom is -0.466 e. The van der Waals surface area contributed by atoms with Crippen molar-refractivity contribution < 1.29 is 42.5 Å². The first-order valence-corrected chi connectivity index (χ1v) is 10.7. The van der Waals surface area contributed by atoms with E-state index in [9.17, 15) is 23.6 Å². The van der Waals surface area contributed by atoms with Gasteiger partial charge in [0, 0.05) is 6.08 Å². The van der Waals surface area contributed by atoms with E-state index in [1.165, 1.54) is 25.3 Å². The normalized spacial score (nSPS) is 12.6. The van der Waals surface area contributed by atoms with Gasteiger partial charge in [-0.3, -0.25) is 9.59 Å². The van der Waals surface area contributed by atoms with Gasteiger partial charge in [-0.1, -0.05) is 18.2 Å². The van der Waals surface area contributed by atoms with Gasteiger partial charge >= 0.3 is 24.0 Å². The van der Waals surface area contributed by atoms with Gasteiger partial charge in [0.25, 0.3) is 0 Å². The van der Waals surface area contributed by atoms with Crippen molar-refractivity contribution in [2.24, 2.45) is 5.41 Å². The van der Waals surface area contributed by atoms with Crippen LogP contribution in [0.1, 0.15) is 52.6 Å². The number of esters is 3. The quantitative estimate of drug-likeness (QED) is 0.233. The molecule has 1 amide bonds. The van der Waals surface area contributed by atoms with E-state index in [4.69, 9.17) is 14.2 Å². The Balaban J connectivity index is 3.76. The third-order valence-electron chi connectivity index (χ3n) is 4.53. The molecular formula is C24H32FNO8. The molecule has 0 radical (unpaired) electrons. The van der Waals surface area contributed by atoms with Crippen LogP contribution in [0.25, 0.3) is 0 Å². The van der Waals surface area contributed by atoms with E-state index in [1.54, 1.807) is 34.6 Å². The van der Waals surface area contributed by atoms with Crippen LogP contribution in [0.15, 0.2) is 36.4 Å². The van der Waals surface area contributed by atoms with Crippen molar-refractivity contribution in [1.29, 1.82) is 0 Å². The molecule has 0 aliphatic carbocycles. The molecule has 1 rings (SSSR count). The minimum atomic E-state index is -2.18. The molecular weight excluding hydrogens is 449 g/mol. The van der Waals surface area contributed by atoms with Gasteiger partial charge in [-0.25, -0.2) is 14.0 Å². The smallest absolute Gasteiger partial charge is 0.408 e. The molecule has 0 heterocycles. The number of carbonyl (C=O) groups is 4. The summed E-state index contributed by atoms with van der Waals surface area (Å²) in [5.74, 6) is -3.30. The van der Waals surface area contributed by atoms with Gasteiger partial charge in [-0.2, -0.15) is 0 Å². The van der Waals surface area contributed by atoms with Crippen molar-refractivity contribution in [3.63, 3.8) is 0 Å². The molecule has 1 atom stereocenters. The van der Waals surface area contributed by atoms with Gasteiger partial charge in [0.1, 0.15) is 11.4 Å². The fraction of sp³-hybridized carbons (Fsp3) is 0.500. The summed E-state index contributed by atoms with van der Waals surface area (Å²) >= 11 is 0. The summed E-state index contributed by atoms with van der Waals surface area (Å²) in [5.41, 5.74) is -2.86. The fourth-order valence-electron chi connectivity index (χ4n) is 3.10. The van der Waals surface area contributed by atoms with E-state index in [2.05, 4.69) is 10.1 Å². The Morgan fingerprint density at radius 1 is 1.00 bits per heavy atom. The number of rotatable bonds is 10. The number of nitrogens with one attached hydrogen (secondary N) is 1. The lowest BCUT2D eigenvalue weighted by Gasteiger charge is -2.36. The number of amides is 1. The van der Waals surface area contributed by atoms with E-state index in [-0.39, 0.29) is 18.8 Å². The molecule has 0 aromatic heterocycles. The zero-order chi connectivity index (χ0) is 25.9. The van der Waals surface area contributed by atoms with Crippen LogP contribution < -0.4 is 5.32 Å². The first kappa shape index (κ1) is 28.6. The third kappa shape index (κ3) is 7.86. The Hall–Kier alpha value is -3.43. The first-order valence-electron chi connectivity index (χ1n) is 10.7. The summed E-state index contributed by atoms with van der Waals surface area (Å²) in [7, 11) is 1.17. The second-order valence-electron chi connectivity index (χ2n) is 8.17. The number of hydrogen-bond acceptors (Lipinski definition) is 8. The van der Waals surface area contributed by atoms with E-state index in [0.29, 0.717) is 0 Å². The minimum absolute atomic E-state index is 0.0801. The average molecular weight is 482 g/mol. The molecule has 188 valence electrons. The summed E-state index contributed by atoms with van der Waals surface area (Å²) < 4.78 is 34.0. The maximum atomic E-state index is 13.7. The summed E-state index contributed by atoms with van der Waals surface area (Å²) in [6.07, 6.45) is 0.934. The summed E-state index contributed by atoms with van der Waals surface area (Å²) in [6, 6.07) is 3.46. The number of allylic oxidation sites excluding steroid dienone is 1. The van der Waals surface area contributed by atoms with Crippen molar-refractivity contribution in [2.45, 2.75) is 52.7 Å². The van der Waals surface area contributed by atoms with E-state index < -0.39 is 53.3 Å². The molecule has 0 unspecified atom stereocenters. The Bertz CT molecular complexity index is 871. The Labute approximate surface area is 198 Å². The number of carbonyl (C=O) groups excluding carboxylic acids is 4. The molecule has 0 saturated heterocycles. The topological polar surface area (TPSA) is 117 Å². The fourth-order valence-corrected chi connectivity index (χ4v) is 3.10. The average Bonchev–Trinajstić information content (AvgIpc) is 2.75. The maximum Gasteiger partial charge on any atom is 0.408 e. The number of methoxy groups -OCH3 is 1. The summed E-state index contributed by atoms with van der Waals surface area (Å²) in [6.45, 7) is 7.86. The van der Waals surface area contributed by atoms with Gasteiger partial charge in [0.05, 0.1) is 26.4 Å². The first-order chi connectivity index (χ1) is 15.9. The van der Waals surface area contributed by atoms with Crippen LogP contribution >= 0.6 is 0 Å². The number of alkyl carbamates (subject to hydrolysis) is 1. The van der Waals surface area contributed by atoms with Gasteiger partial charge < -0.3 is 24.3 Å². The second-order valence-corrected chi connectivity index (χ2v) is 8.17. The van der Waals surface area contributed by atoms with E-state index >= 15 is 0 Å². The zero-order valence-corrected chi connectivity index (χ0v) is 20.3. The van der Waals surface area contributed by atoms with Crippen molar-refractivity contribution in [3.05, 3.63) is 47.8 Å². The van der Waals surface area contributed by atoms with Gasteiger partial charge in [-0.05, 0) is 58.7 Å². The molecule has 10 heteroatoms. The summed E-state index contributed by atoms with van der Waals surface area (Å²) in [4.78, 5) is 51.0. The maximum absolute atomic E-state index is 13.7. The van der Waals surface area contributed by atoms with E-state index in [0.717, 1.165) is 18.2 Å². The van der Waals surface area contributed by atoms with Crippen LogP contribution in [0.4, 0.5) is 9.18 Å². The summed E-state index contributed by atoms with van der Waals surface area (Å²) in [5, 5.41) is 2.55. The molecule has 0 fully saturated rings. The molecule has 0 aliphatic rings. The highest BCUT2D eigenvalue weighted by Crippen LogP contribution is 2.41.